The van der Waals surface area contributed by atoms with Crippen molar-refractivity contribution in [2.45, 2.75) is 39.0 Å². The van der Waals surface area contributed by atoms with Crippen LogP contribution in [0.25, 0.3) is 0 Å². The van der Waals surface area contributed by atoms with Crippen LogP contribution in [-0.2, 0) is 12.8 Å². The molecule has 0 atom stereocenters. The average molecular weight is 246 g/mol. The first kappa shape index (κ1) is 13.6. The number of aryl methyl sites for hydroxylation is 1. The Kier molecular flexibility index (Phi) is 4.79. The number of rotatable bonds is 8. The van der Waals surface area contributed by atoms with Crippen molar-refractivity contribution in [1.29, 1.82) is 0 Å². The van der Waals surface area contributed by atoms with Crippen LogP contribution in [0, 0.1) is 5.41 Å². The molecule has 0 aromatic heterocycles. The highest BCUT2D eigenvalue weighted by molar-refractivity contribution is 5.22. The van der Waals surface area contributed by atoms with Crippen LogP contribution in [0.4, 0.5) is 0 Å². The zero-order valence-corrected chi connectivity index (χ0v) is 11.5. The molecule has 1 aromatic rings. The first-order chi connectivity index (χ1) is 8.78. The van der Waals surface area contributed by atoms with Crippen molar-refractivity contribution in [3.8, 4) is 0 Å². The molecule has 0 aliphatic heterocycles. The van der Waals surface area contributed by atoms with Gasteiger partial charge in [0, 0.05) is 6.54 Å². The van der Waals surface area contributed by atoms with Crippen LogP contribution in [0.3, 0.4) is 0 Å². The normalized spacial score (nSPS) is 16.8. The van der Waals surface area contributed by atoms with Gasteiger partial charge < -0.3 is 11.1 Å². The van der Waals surface area contributed by atoms with Crippen LogP contribution >= 0.6 is 0 Å². The van der Waals surface area contributed by atoms with Gasteiger partial charge in [-0.15, -0.1) is 0 Å². The summed E-state index contributed by atoms with van der Waals surface area (Å²) in [6.07, 6.45) is 6.15. The Hall–Kier alpha value is -0.860. The van der Waals surface area contributed by atoms with Gasteiger partial charge in [0.2, 0.25) is 0 Å². The molecule has 1 aromatic carbocycles. The number of nitrogens with one attached hydrogen (secondary N) is 1. The van der Waals surface area contributed by atoms with Crippen molar-refractivity contribution < 1.29 is 0 Å². The highest BCUT2D eigenvalue weighted by Crippen LogP contribution is 2.43. The lowest BCUT2D eigenvalue weighted by Gasteiger charge is -2.13. The van der Waals surface area contributed by atoms with E-state index in [1.54, 1.807) is 0 Å². The molecular weight excluding hydrogens is 220 g/mol. The van der Waals surface area contributed by atoms with Gasteiger partial charge in [0.1, 0.15) is 0 Å². The molecule has 100 valence electrons. The summed E-state index contributed by atoms with van der Waals surface area (Å²) in [7, 11) is 0. The summed E-state index contributed by atoms with van der Waals surface area (Å²) in [6.45, 7) is 5.22. The van der Waals surface area contributed by atoms with E-state index in [9.17, 15) is 0 Å². The Bertz CT molecular complexity index is 352. The molecule has 18 heavy (non-hydrogen) atoms. The average Bonchev–Trinajstić information content (AvgIpc) is 3.18. The Morgan fingerprint density at radius 3 is 2.22 bits per heavy atom. The third-order valence-corrected chi connectivity index (χ3v) is 4.04. The Balaban J connectivity index is 1.67. The Morgan fingerprint density at radius 1 is 1.11 bits per heavy atom. The third kappa shape index (κ3) is 3.82. The van der Waals surface area contributed by atoms with E-state index in [4.69, 9.17) is 5.73 Å². The summed E-state index contributed by atoms with van der Waals surface area (Å²) in [5.41, 5.74) is 9.10. The number of hydrogen-bond acceptors (Lipinski definition) is 2. The first-order valence-electron chi connectivity index (χ1n) is 7.27. The molecule has 0 heterocycles. The quantitative estimate of drug-likeness (QED) is 0.692. The summed E-state index contributed by atoms with van der Waals surface area (Å²) in [5, 5.41) is 3.55. The number of benzene rings is 1. The maximum Gasteiger partial charge on any atom is 0.00200 e. The minimum Gasteiger partial charge on any atom is -0.330 e. The number of hydrogen-bond donors (Lipinski definition) is 2. The van der Waals surface area contributed by atoms with E-state index < -0.39 is 0 Å². The van der Waals surface area contributed by atoms with Gasteiger partial charge in [0.15, 0.2) is 0 Å². The van der Waals surface area contributed by atoms with E-state index in [0.717, 1.165) is 26.1 Å². The second kappa shape index (κ2) is 6.35. The third-order valence-electron chi connectivity index (χ3n) is 4.04. The van der Waals surface area contributed by atoms with Crippen molar-refractivity contribution in [3.63, 3.8) is 0 Å². The fourth-order valence-corrected chi connectivity index (χ4v) is 2.38. The first-order valence-corrected chi connectivity index (χ1v) is 7.27. The molecule has 0 bridgehead atoms. The van der Waals surface area contributed by atoms with E-state index in [1.807, 2.05) is 0 Å². The van der Waals surface area contributed by atoms with Gasteiger partial charge in [-0.1, -0.05) is 37.6 Å². The molecule has 2 rings (SSSR count). The molecular formula is C16H26N2. The largest absolute Gasteiger partial charge is 0.330 e. The summed E-state index contributed by atoms with van der Waals surface area (Å²) in [4.78, 5) is 0. The molecule has 2 nitrogen and oxygen atoms in total. The molecule has 1 saturated carbocycles. The lowest BCUT2D eigenvalue weighted by Crippen LogP contribution is -2.30. The fraction of sp³-hybridized carbons (Fsp3) is 0.625. The Morgan fingerprint density at radius 2 is 1.72 bits per heavy atom. The maximum absolute atomic E-state index is 5.77. The predicted octanol–water partition coefficient (Wildman–Crippen LogP) is 2.51. The van der Waals surface area contributed by atoms with Gasteiger partial charge in [-0.2, -0.15) is 0 Å². The number of nitrogens with two attached hydrogens (primary N) is 1. The predicted molar refractivity (Wildman–Crippen MR) is 77.7 cm³/mol. The van der Waals surface area contributed by atoms with E-state index in [0.29, 0.717) is 5.41 Å². The molecule has 0 spiro atoms. The molecule has 0 unspecified atom stereocenters. The monoisotopic (exact) mass is 246 g/mol. The van der Waals surface area contributed by atoms with E-state index in [2.05, 4.69) is 36.5 Å². The Labute approximate surface area is 111 Å². The second-order valence-corrected chi connectivity index (χ2v) is 5.70. The summed E-state index contributed by atoms with van der Waals surface area (Å²) >= 11 is 0. The van der Waals surface area contributed by atoms with Crippen molar-refractivity contribution in [3.05, 3.63) is 35.4 Å². The topological polar surface area (TPSA) is 38.0 Å². The van der Waals surface area contributed by atoms with Crippen LogP contribution in [0.2, 0.25) is 0 Å². The van der Waals surface area contributed by atoms with Gasteiger partial charge >= 0.3 is 0 Å². The van der Waals surface area contributed by atoms with Crippen molar-refractivity contribution >= 4 is 0 Å². The minimum absolute atomic E-state index is 0.449. The zero-order valence-electron chi connectivity index (χ0n) is 11.5. The molecule has 0 saturated heterocycles. The molecule has 1 aliphatic carbocycles. The molecule has 0 radical (unpaired) electrons. The molecule has 2 heteroatoms. The minimum atomic E-state index is 0.449. The van der Waals surface area contributed by atoms with Crippen molar-refractivity contribution in [1.82, 2.24) is 5.32 Å². The fourth-order valence-electron chi connectivity index (χ4n) is 2.38. The second-order valence-electron chi connectivity index (χ2n) is 5.70. The highest BCUT2D eigenvalue weighted by atomic mass is 14.9. The van der Waals surface area contributed by atoms with Gasteiger partial charge in [0.05, 0.1) is 0 Å². The van der Waals surface area contributed by atoms with Gasteiger partial charge in [-0.3, -0.25) is 0 Å². The van der Waals surface area contributed by atoms with Crippen LogP contribution < -0.4 is 11.1 Å². The SMILES string of the molecule is CCCc1ccc(CCNCC2(CN)CC2)cc1. The molecule has 1 aliphatic rings. The maximum atomic E-state index is 5.77. The van der Waals surface area contributed by atoms with Gasteiger partial charge in [-0.05, 0) is 55.3 Å². The highest BCUT2D eigenvalue weighted by Gasteiger charge is 2.40. The van der Waals surface area contributed by atoms with E-state index in [1.165, 1.54) is 36.8 Å². The van der Waals surface area contributed by atoms with Crippen LogP contribution in [-0.4, -0.2) is 19.6 Å². The zero-order chi connectivity index (χ0) is 12.8. The van der Waals surface area contributed by atoms with Gasteiger partial charge in [0.25, 0.3) is 0 Å². The van der Waals surface area contributed by atoms with Crippen LogP contribution in [0.5, 0.6) is 0 Å². The van der Waals surface area contributed by atoms with E-state index >= 15 is 0 Å². The van der Waals surface area contributed by atoms with E-state index in [-0.39, 0.29) is 0 Å². The standard InChI is InChI=1S/C16H26N2/c1-2-3-14-4-6-15(7-5-14)8-11-18-13-16(12-17)9-10-16/h4-7,18H,2-3,8-13,17H2,1H3. The summed E-state index contributed by atoms with van der Waals surface area (Å²) < 4.78 is 0. The van der Waals surface area contributed by atoms with Crippen molar-refractivity contribution in [2.24, 2.45) is 11.1 Å². The summed E-state index contributed by atoms with van der Waals surface area (Å²) in [5.74, 6) is 0. The van der Waals surface area contributed by atoms with Crippen LogP contribution in [0.15, 0.2) is 24.3 Å². The van der Waals surface area contributed by atoms with Gasteiger partial charge in [-0.25, -0.2) is 0 Å². The molecule has 1 fully saturated rings. The lowest BCUT2D eigenvalue weighted by molar-refractivity contribution is 0.470. The van der Waals surface area contributed by atoms with Crippen LogP contribution in [0.1, 0.15) is 37.3 Å². The lowest BCUT2D eigenvalue weighted by atomic mass is 10.1. The smallest absolute Gasteiger partial charge is 0.00200 e. The molecule has 0 amide bonds. The van der Waals surface area contributed by atoms with Crippen molar-refractivity contribution in [2.75, 3.05) is 19.6 Å². The summed E-state index contributed by atoms with van der Waals surface area (Å²) in [6, 6.07) is 9.06. The molecule has 3 N–H and O–H groups in total.